The maximum Gasteiger partial charge on any atom is 0.170 e. The summed E-state index contributed by atoms with van der Waals surface area (Å²) in [5.41, 5.74) is 8.66. The first kappa shape index (κ1) is 19.8. The zero-order valence-corrected chi connectivity index (χ0v) is 16.7. The Labute approximate surface area is 169 Å². The Hall–Kier alpha value is -2.93. The molecule has 0 aliphatic carbocycles. The molecule has 0 atom stereocenters. The lowest BCUT2D eigenvalue weighted by Gasteiger charge is -2.08. The van der Waals surface area contributed by atoms with E-state index in [4.69, 9.17) is 15.3 Å². The summed E-state index contributed by atoms with van der Waals surface area (Å²) in [5, 5.41) is 7.15. The quantitative estimate of drug-likeness (QED) is 0.314. The van der Waals surface area contributed by atoms with Gasteiger partial charge >= 0.3 is 0 Å². The van der Waals surface area contributed by atoms with Crippen molar-refractivity contribution >= 4 is 17.2 Å². The van der Waals surface area contributed by atoms with Gasteiger partial charge in [0.1, 0.15) is 12.4 Å². The summed E-state index contributed by atoms with van der Waals surface area (Å²) in [7, 11) is 0. The van der Waals surface area contributed by atoms with E-state index in [-0.39, 0.29) is 0 Å². The number of aromatic nitrogens is 2. The molecule has 1 aromatic carbocycles. The van der Waals surface area contributed by atoms with Crippen LogP contribution in [0.5, 0.6) is 5.75 Å². The van der Waals surface area contributed by atoms with Crippen molar-refractivity contribution < 1.29 is 9.57 Å². The molecule has 0 fully saturated rings. The molecule has 146 valence electrons. The number of aryl methyl sites for hydroxylation is 1. The summed E-state index contributed by atoms with van der Waals surface area (Å²) >= 11 is 1.66. The topological polar surface area (TPSA) is 82.6 Å². The second kappa shape index (κ2) is 10.4. The number of unbranched alkanes of at least 4 members (excludes halogenated alkanes) is 1. The Bertz CT molecular complexity index is 896. The van der Waals surface area contributed by atoms with E-state index in [1.54, 1.807) is 23.7 Å². The van der Waals surface area contributed by atoms with Crippen molar-refractivity contribution in [2.75, 3.05) is 0 Å². The van der Waals surface area contributed by atoms with Gasteiger partial charge in [-0.15, -0.1) is 11.3 Å². The van der Waals surface area contributed by atoms with Crippen molar-refractivity contribution in [3.63, 3.8) is 0 Å². The molecular weight excluding hydrogens is 372 g/mol. The predicted octanol–water partition coefficient (Wildman–Crippen LogP) is 4.30. The highest BCUT2D eigenvalue weighted by Gasteiger charge is 2.05. The van der Waals surface area contributed by atoms with Crippen LogP contribution < -0.4 is 10.5 Å². The van der Waals surface area contributed by atoms with Gasteiger partial charge in [0.15, 0.2) is 12.4 Å². The second-order valence-corrected chi connectivity index (χ2v) is 7.21. The minimum Gasteiger partial charge on any atom is -0.489 e. The zero-order chi connectivity index (χ0) is 19.6. The molecule has 3 rings (SSSR count). The lowest BCUT2D eigenvalue weighted by molar-refractivity contribution is 0.128. The molecule has 6 nitrogen and oxygen atoms in total. The fourth-order valence-corrected chi connectivity index (χ4v) is 3.30. The SMILES string of the molecule is CCCCc1nc(CO/N=C(/N)c2cccc(OCc3cccnc3)c2)cs1. The first-order valence-electron chi connectivity index (χ1n) is 9.25. The van der Waals surface area contributed by atoms with Gasteiger partial charge in [0.05, 0.1) is 10.7 Å². The zero-order valence-electron chi connectivity index (χ0n) is 15.9. The van der Waals surface area contributed by atoms with E-state index in [9.17, 15) is 0 Å². The lowest BCUT2D eigenvalue weighted by atomic mass is 10.2. The number of amidine groups is 1. The van der Waals surface area contributed by atoms with E-state index in [0.717, 1.165) is 41.1 Å². The summed E-state index contributed by atoms with van der Waals surface area (Å²) in [5.74, 6) is 1.01. The van der Waals surface area contributed by atoms with Gasteiger partial charge in [-0.2, -0.15) is 0 Å². The van der Waals surface area contributed by atoms with Crippen LogP contribution in [0.15, 0.2) is 59.3 Å². The van der Waals surface area contributed by atoms with E-state index in [2.05, 4.69) is 22.0 Å². The van der Waals surface area contributed by atoms with Crippen LogP contribution in [0.2, 0.25) is 0 Å². The Morgan fingerprint density at radius 2 is 2.14 bits per heavy atom. The largest absolute Gasteiger partial charge is 0.489 e. The number of oxime groups is 1. The monoisotopic (exact) mass is 396 g/mol. The molecule has 2 heterocycles. The van der Waals surface area contributed by atoms with Gasteiger partial charge in [0.25, 0.3) is 0 Å². The Kier molecular flexibility index (Phi) is 7.37. The third-order valence-electron chi connectivity index (χ3n) is 3.98. The van der Waals surface area contributed by atoms with Crippen LogP contribution in [0.25, 0.3) is 0 Å². The van der Waals surface area contributed by atoms with Crippen LogP contribution in [0, 0.1) is 0 Å². The number of rotatable bonds is 10. The molecule has 0 radical (unpaired) electrons. The summed E-state index contributed by atoms with van der Waals surface area (Å²) in [6.07, 6.45) is 6.84. The highest BCUT2D eigenvalue weighted by atomic mass is 32.1. The van der Waals surface area contributed by atoms with Gasteiger partial charge in [-0.25, -0.2) is 4.98 Å². The fraction of sp³-hybridized carbons (Fsp3) is 0.286. The molecule has 0 aliphatic rings. The molecule has 0 amide bonds. The van der Waals surface area contributed by atoms with Crippen molar-refractivity contribution in [2.24, 2.45) is 10.9 Å². The van der Waals surface area contributed by atoms with Gasteiger partial charge in [0, 0.05) is 28.9 Å². The highest BCUT2D eigenvalue weighted by molar-refractivity contribution is 7.09. The molecule has 0 bridgehead atoms. The molecule has 2 aromatic heterocycles. The van der Waals surface area contributed by atoms with Crippen LogP contribution >= 0.6 is 11.3 Å². The average Bonchev–Trinajstić information content (AvgIpc) is 3.19. The Balaban J connectivity index is 1.53. The van der Waals surface area contributed by atoms with E-state index >= 15 is 0 Å². The van der Waals surface area contributed by atoms with Gasteiger partial charge in [-0.05, 0) is 31.0 Å². The number of benzene rings is 1. The third kappa shape index (κ3) is 6.06. The third-order valence-corrected chi connectivity index (χ3v) is 4.93. The van der Waals surface area contributed by atoms with Crippen molar-refractivity contribution in [1.82, 2.24) is 9.97 Å². The van der Waals surface area contributed by atoms with Gasteiger partial charge in [-0.3, -0.25) is 4.98 Å². The molecule has 0 spiro atoms. The van der Waals surface area contributed by atoms with E-state index in [1.807, 2.05) is 41.8 Å². The molecule has 2 N–H and O–H groups in total. The van der Waals surface area contributed by atoms with Crippen molar-refractivity contribution in [3.8, 4) is 5.75 Å². The molecule has 3 aromatic rings. The van der Waals surface area contributed by atoms with Crippen LogP contribution in [-0.2, 0) is 24.5 Å². The summed E-state index contributed by atoms with van der Waals surface area (Å²) in [6, 6.07) is 11.3. The first-order chi connectivity index (χ1) is 13.7. The smallest absolute Gasteiger partial charge is 0.170 e. The highest BCUT2D eigenvalue weighted by Crippen LogP contribution is 2.16. The molecular formula is C21H24N4O2S. The van der Waals surface area contributed by atoms with E-state index < -0.39 is 0 Å². The van der Waals surface area contributed by atoms with Crippen LogP contribution in [0.1, 0.15) is 41.6 Å². The van der Waals surface area contributed by atoms with Crippen molar-refractivity contribution in [1.29, 1.82) is 0 Å². The summed E-state index contributed by atoms with van der Waals surface area (Å²) < 4.78 is 5.79. The van der Waals surface area contributed by atoms with Crippen LogP contribution in [0.3, 0.4) is 0 Å². The number of pyridine rings is 1. The van der Waals surface area contributed by atoms with Crippen molar-refractivity contribution in [2.45, 2.75) is 39.4 Å². The number of nitrogens with two attached hydrogens (primary N) is 1. The lowest BCUT2D eigenvalue weighted by Crippen LogP contribution is -2.14. The maximum absolute atomic E-state index is 6.05. The fourth-order valence-electron chi connectivity index (χ4n) is 2.47. The molecule has 0 unspecified atom stereocenters. The minimum atomic E-state index is 0.299. The normalized spacial score (nSPS) is 11.4. The number of ether oxygens (including phenoxy) is 1. The van der Waals surface area contributed by atoms with Gasteiger partial charge in [0.2, 0.25) is 0 Å². The summed E-state index contributed by atoms with van der Waals surface area (Å²) in [6.45, 7) is 2.92. The number of nitrogens with zero attached hydrogens (tertiary/aromatic N) is 3. The van der Waals surface area contributed by atoms with Crippen LogP contribution in [-0.4, -0.2) is 15.8 Å². The standard InChI is InChI=1S/C21H24N4O2S/c1-2-3-9-20-24-18(15-28-20)14-27-25-21(22)17-7-4-8-19(11-17)26-13-16-6-5-10-23-12-16/h4-8,10-12,15H,2-3,9,13-14H2,1H3,(H2,22,25). The first-order valence-corrected chi connectivity index (χ1v) is 10.1. The molecule has 0 aliphatic heterocycles. The predicted molar refractivity (Wildman–Crippen MR) is 111 cm³/mol. The number of hydrogen-bond acceptors (Lipinski definition) is 6. The van der Waals surface area contributed by atoms with Gasteiger partial charge in [-0.1, -0.05) is 36.7 Å². The second-order valence-electron chi connectivity index (χ2n) is 6.26. The Morgan fingerprint density at radius 3 is 2.96 bits per heavy atom. The molecule has 0 saturated carbocycles. The molecule has 0 saturated heterocycles. The molecule has 7 heteroatoms. The summed E-state index contributed by atoms with van der Waals surface area (Å²) in [4.78, 5) is 14.0. The minimum absolute atomic E-state index is 0.299. The van der Waals surface area contributed by atoms with Crippen LogP contribution in [0.4, 0.5) is 0 Å². The number of hydrogen-bond donors (Lipinski definition) is 1. The Morgan fingerprint density at radius 1 is 1.21 bits per heavy atom. The van der Waals surface area contributed by atoms with E-state index in [0.29, 0.717) is 24.8 Å². The average molecular weight is 397 g/mol. The van der Waals surface area contributed by atoms with Crippen molar-refractivity contribution in [3.05, 3.63) is 76.0 Å². The molecule has 28 heavy (non-hydrogen) atoms. The maximum atomic E-state index is 6.05. The van der Waals surface area contributed by atoms with Gasteiger partial charge < -0.3 is 15.3 Å². The number of thiazole rings is 1. The van der Waals surface area contributed by atoms with E-state index in [1.165, 1.54) is 0 Å².